The molecule has 10 heteroatoms. The molecule has 44 heavy (non-hydrogen) atoms. The van der Waals surface area contributed by atoms with E-state index >= 15 is 0 Å². The minimum atomic E-state index is -0.108. The molecule has 0 spiro atoms. The van der Waals surface area contributed by atoms with Gasteiger partial charge in [0.15, 0.2) is 17.3 Å². The van der Waals surface area contributed by atoms with E-state index in [1.165, 1.54) is 0 Å². The lowest BCUT2D eigenvalue weighted by Crippen LogP contribution is -2.09. The molecule has 3 N–H and O–H groups in total. The number of hydrogen-bond donors (Lipinski definition) is 3. The molecule has 3 aromatic carbocycles. The summed E-state index contributed by atoms with van der Waals surface area (Å²) in [6, 6.07) is 16.4. The minimum absolute atomic E-state index is 0. The number of carbonyl (C=O) groups excluding carboxylic acids is 6. The molecule has 6 rings (SSSR count). The summed E-state index contributed by atoms with van der Waals surface area (Å²) in [4.78, 5) is 68.7. The smallest absolute Gasteiger partial charge is 0.224 e. The summed E-state index contributed by atoms with van der Waals surface area (Å²) in [6.07, 6.45) is 4.31. The third-order valence-corrected chi connectivity index (χ3v) is 7.89. The summed E-state index contributed by atoms with van der Waals surface area (Å²) >= 11 is 2.15. The number of rotatable bonds is 2. The summed E-state index contributed by atoms with van der Waals surface area (Å²) in [5.74, 6) is -0.169. The van der Waals surface area contributed by atoms with Crippen LogP contribution in [-0.4, -0.2) is 35.1 Å². The fraction of sp³-hybridized carbons (Fsp3) is 0.235. The van der Waals surface area contributed by atoms with E-state index in [9.17, 15) is 28.8 Å². The SMILES string of the molecule is C=Cc1ccc2c(c1)NC(=O)CCC2=O.CCc1ccc2c(c1)NC(=O)CCC2=O.O=C1CCC(=O)c2ccc(I)cc2N1.[HH]. The molecule has 3 aromatic rings. The number of ketones is 3. The molecule has 0 fully saturated rings. The molecule has 0 saturated carbocycles. The van der Waals surface area contributed by atoms with Crippen LogP contribution in [0.5, 0.6) is 0 Å². The molecular weight excluding hydrogens is 673 g/mol. The van der Waals surface area contributed by atoms with Crippen molar-refractivity contribution in [3.05, 3.63) is 92.6 Å². The summed E-state index contributed by atoms with van der Waals surface area (Å²) in [7, 11) is 0. The molecule has 3 amide bonds. The van der Waals surface area contributed by atoms with E-state index in [0.717, 1.165) is 21.1 Å². The van der Waals surface area contributed by atoms with E-state index in [0.29, 0.717) is 46.6 Å². The first kappa shape index (κ1) is 32.5. The largest absolute Gasteiger partial charge is 0.325 e. The third-order valence-electron chi connectivity index (χ3n) is 7.21. The average Bonchev–Trinajstić information content (AvgIpc) is 3.32. The van der Waals surface area contributed by atoms with Crippen LogP contribution in [0.15, 0.2) is 61.2 Å². The van der Waals surface area contributed by atoms with Crippen LogP contribution in [0.2, 0.25) is 0 Å². The van der Waals surface area contributed by atoms with Gasteiger partial charge in [-0.3, -0.25) is 28.8 Å². The fourth-order valence-electron chi connectivity index (χ4n) is 4.78. The van der Waals surface area contributed by atoms with Crippen LogP contribution >= 0.6 is 22.6 Å². The molecular formula is C34H34IN3O6. The molecule has 0 radical (unpaired) electrons. The maximum atomic E-state index is 11.7. The van der Waals surface area contributed by atoms with E-state index in [1.54, 1.807) is 24.3 Å². The van der Waals surface area contributed by atoms with Gasteiger partial charge in [0.1, 0.15) is 0 Å². The Balaban J connectivity index is 0.000000182. The quantitative estimate of drug-likeness (QED) is 0.249. The van der Waals surface area contributed by atoms with Crippen molar-refractivity contribution in [3.63, 3.8) is 0 Å². The Morgan fingerprint density at radius 1 is 0.636 bits per heavy atom. The summed E-state index contributed by atoms with van der Waals surface area (Å²) in [5, 5.41) is 8.22. The van der Waals surface area contributed by atoms with Gasteiger partial charge >= 0.3 is 0 Å². The second kappa shape index (κ2) is 14.8. The maximum Gasteiger partial charge on any atom is 0.224 e. The zero-order valence-corrected chi connectivity index (χ0v) is 26.4. The first-order chi connectivity index (χ1) is 21.1. The van der Waals surface area contributed by atoms with Gasteiger partial charge in [-0.2, -0.15) is 0 Å². The fourth-order valence-corrected chi connectivity index (χ4v) is 5.27. The number of benzene rings is 3. The molecule has 0 unspecified atom stereocenters. The Hall–Kier alpha value is -4.45. The van der Waals surface area contributed by atoms with E-state index in [1.807, 2.05) is 43.3 Å². The second-order valence-corrected chi connectivity index (χ2v) is 11.6. The van der Waals surface area contributed by atoms with Gasteiger partial charge in [0.05, 0.1) is 17.1 Å². The second-order valence-electron chi connectivity index (χ2n) is 10.3. The Bertz CT molecular complexity index is 1690. The summed E-state index contributed by atoms with van der Waals surface area (Å²) in [6.45, 7) is 5.69. The van der Waals surface area contributed by atoms with Gasteiger partial charge < -0.3 is 16.0 Å². The van der Waals surface area contributed by atoms with Crippen LogP contribution in [-0.2, 0) is 20.8 Å². The van der Waals surface area contributed by atoms with Crippen molar-refractivity contribution in [1.29, 1.82) is 0 Å². The van der Waals surface area contributed by atoms with Crippen LogP contribution in [0, 0.1) is 3.57 Å². The first-order valence-corrected chi connectivity index (χ1v) is 15.3. The molecule has 228 valence electrons. The summed E-state index contributed by atoms with van der Waals surface area (Å²) < 4.78 is 1.01. The van der Waals surface area contributed by atoms with Crippen molar-refractivity contribution in [2.45, 2.75) is 51.9 Å². The lowest BCUT2D eigenvalue weighted by atomic mass is 10.0. The van der Waals surface area contributed by atoms with E-state index < -0.39 is 0 Å². The Kier molecular flexibility index (Phi) is 10.9. The Labute approximate surface area is 270 Å². The predicted molar refractivity (Wildman–Crippen MR) is 180 cm³/mol. The number of fused-ring (bicyclic) bond motifs is 3. The lowest BCUT2D eigenvalue weighted by Gasteiger charge is -2.07. The molecule has 0 saturated heterocycles. The molecule has 0 atom stereocenters. The molecule has 3 aliphatic heterocycles. The number of anilines is 3. The van der Waals surface area contributed by atoms with Crippen molar-refractivity contribution < 1.29 is 30.2 Å². The van der Waals surface area contributed by atoms with Crippen LogP contribution in [0.3, 0.4) is 0 Å². The van der Waals surface area contributed by atoms with Crippen molar-refractivity contribution >= 4 is 80.8 Å². The number of carbonyl (C=O) groups is 6. The maximum absolute atomic E-state index is 11.7. The molecule has 3 heterocycles. The molecule has 3 aliphatic rings. The van der Waals surface area contributed by atoms with E-state index in [2.05, 4.69) is 45.1 Å². The van der Waals surface area contributed by atoms with Gasteiger partial charge in [0.2, 0.25) is 17.7 Å². The topological polar surface area (TPSA) is 139 Å². The van der Waals surface area contributed by atoms with Crippen molar-refractivity contribution in [3.8, 4) is 0 Å². The van der Waals surface area contributed by atoms with Crippen molar-refractivity contribution in [2.24, 2.45) is 0 Å². The number of halogens is 1. The molecule has 0 aromatic heterocycles. The lowest BCUT2D eigenvalue weighted by molar-refractivity contribution is -0.116. The number of nitrogens with one attached hydrogen (secondary N) is 3. The minimum Gasteiger partial charge on any atom is -0.325 e. The van der Waals surface area contributed by atoms with Gasteiger partial charge in [-0.25, -0.2) is 0 Å². The standard InChI is InChI=1S/C12H13NO2.C12H11NO2.C10H8INO2.H2/c2*1-2-8-3-4-9-10(7-8)13-12(15)6-5-11(9)14;11-6-1-2-7-8(5-6)12-10(14)4-3-9(7)13;/h3-4,7H,2,5-6H2,1H3,(H,13,15);2-4,7H,1,5-6H2,(H,13,15);1-2,5H,3-4H2,(H,12,14);1H. The molecule has 9 nitrogen and oxygen atoms in total. The Morgan fingerprint density at radius 2 is 1.07 bits per heavy atom. The number of Topliss-reactive ketones (excluding diaryl/α,β-unsaturated/α-hetero) is 3. The highest BCUT2D eigenvalue weighted by molar-refractivity contribution is 14.1. The third kappa shape index (κ3) is 8.34. The van der Waals surface area contributed by atoms with E-state index in [4.69, 9.17) is 0 Å². The van der Waals surface area contributed by atoms with Gasteiger partial charge in [-0.1, -0.05) is 31.7 Å². The average molecular weight is 708 g/mol. The number of amides is 3. The predicted octanol–water partition coefficient (Wildman–Crippen LogP) is 6.86. The highest BCUT2D eigenvalue weighted by atomic mass is 127. The number of aryl methyl sites for hydroxylation is 1. The van der Waals surface area contributed by atoms with Gasteiger partial charge in [-0.15, -0.1) is 0 Å². The molecule has 0 aliphatic carbocycles. The van der Waals surface area contributed by atoms with Crippen LogP contribution in [0.4, 0.5) is 17.1 Å². The van der Waals surface area contributed by atoms with Crippen LogP contribution < -0.4 is 16.0 Å². The van der Waals surface area contributed by atoms with Crippen molar-refractivity contribution in [1.82, 2.24) is 0 Å². The zero-order chi connectivity index (χ0) is 31.8. The van der Waals surface area contributed by atoms with Crippen LogP contribution in [0.1, 0.15) is 89.1 Å². The number of hydrogen-bond acceptors (Lipinski definition) is 6. The zero-order valence-electron chi connectivity index (χ0n) is 24.3. The highest BCUT2D eigenvalue weighted by Crippen LogP contribution is 2.26. The van der Waals surface area contributed by atoms with Gasteiger partial charge in [0, 0.05) is 60.2 Å². The van der Waals surface area contributed by atoms with Crippen LogP contribution in [0.25, 0.3) is 6.08 Å². The first-order valence-electron chi connectivity index (χ1n) is 14.3. The van der Waals surface area contributed by atoms with Gasteiger partial charge in [-0.05, 0) is 82.6 Å². The highest BCUT2D eigenvalue weighted by Gasteiger charge is 2.21. The monoisotopic (exact) mass is 707 g/mol. The summed E-state index contributed by atoms with van der Waals surface area (Å²) in [5.41, 5.74) is 5.78. The molecule has 0 bridgehead atoms. The van der Waals surface area contributed by atoms with Gasteiger partial charge in [0.25, 0.3) is 0 Å². The Morgan fingerprint density at radius 3 is 1.55 bits per heavy atom. The van der Waals surface area contributed by atoms with E-state index in [-0.39, 0.29) is 62.2 Å². The van der Waals surface area contributed by atoms with Crippen molar-refractivity contribution in [2.75, 3.05) is 16.0 Å². The normalized spacial score (nSPS) is 15.5.